The molecule has 2 atom stereocenters. The molecule has 200 valence electrons. The molecule has 0 spiro atoms. The second-order valence-corrected chi connectivity index (χ2v) is 9.53. The van der Waals surface area contributed by atoms with Gasteiger partial charge in [0.05, 0.1) is 29.4 Å². The van der Waals surface area contributed by atoms with Gasteiger partial charge < -0.3 is 15.5 Å². The molecule has 0 bridgehead atoms. The predicted octanol–water partition coefficient (Wildman–Crippen LogP) is 4.19. The van der Waals surface area contributed by atoms with Gasteiger partial charge in [0.2, 0.25) is 5.91 Å². The SMILES string of the molecule is C=CCN1C(=O)N[C@@H](c2ccccc2C(F)(F)F)C2=C1CN([C@@H](Cc1ccccc1)C(=O)NC(C)C)C2=O. The first-order chi connectivity index (χ1) is 18.0. The fourth-order valence-electron chi connectivity index (χ4n) is 4.89. The first-order valence-corrected chi connectivity index (χ1v) is 12.3. The van der Waals surface area contributed by atoms with Crippen molar-refractivity contribution in [2.75, 3.05) is 13.1 Å². The quantitative estimate of drug-likeness (QED) is 0.507. The fraction of sp³-hybridized carbons (Fsp3) is 0.321. The topological polar surface area (TPSA) is 81.8 Å². The van der Waals surface area contributed by atoms with E-state index in [1.807, 2.05) is 30.3 Å². The third-order valence-corrected chi connectivity index (χ3v) is 6.52. The molecular weight excluding hydrogens is 497 g/mol. The number of amides is 4. The molecule has 0 fully saturated rings. The number of hydrogen-bond acceptors (Lipinski definition) is 3. The number of carbonyl (C=O) groups is 3. The van der Waals surface area contributed by atoms with E-state index in [0.29, 0.717) is 0 Å². The third kappa shape index (κ3) is 5.29. The second kappa shape index (κ2) is 10.7. The molecule has 0 aromatic heterocycles. The number of hydrogen-bond donors (Lipinski definition) is 2. The zero-order valence-electron chi connectivity index (χ0n) is 21.1. The van der Waals surface area contributed by atoms with Gasteiger partial charge in [-0.25, -0.2) is 4.79 Å². The maximum atomic E-state index is 14.0. The van der Waals surface area contributed by atoms with Crippen molar-refractivity contribution >= 4 is 17.8 Å². The minimum atomic E-state index is -4.70. The molecule has 2 aliphatic heterocycles. The summed E-state index contributed by atoms with van der Waals surface area (Å²) in [6.07, 6.45) is -3.04. The molecule has 0 saturated heterocycles. The minimum Gasteiger partial charge on any atom is -0.352 e. The fourth-order valence-corrected chi connectivity index (χ4v) is 4.89. The van der Waals surface area contributed by atoms with E-state index in [9.17, 15) is 27.6 Å². The van der Waals surface area contributed by atoms with Crippen LogP contribution in [-0.4, -0.2) is 52.8 Å². The molecule has 2 heterocycles. The number of urea groups is 1. The molecule has 4 amide bonds. The average molecular weight is 527 g/mol. The summed E-state index contributed by atoms with van der Waals surface area (Å²) in [5, 5.41) is 5.43. The average Bonchev–Trinajstić information content (AvgIpc) is 3.20. The van der Waals surface area contributed by atoms with Gasteiger partial charge in [0.1, 0.15) is 6.04 Å². The van der Waals surface area contributed by atoms with Crippen LogP contribution in [0.4, 0.5) is 18.0 Å². The first kappa shape index (κ1) is 27.0. The molecule has 2 aromatic rings. The van der Waals surface area contributed by atoms with E-state index in [1.54, 1.807) is 13.8 Å². The summed E-state index contributed by atoms with van der Waals surface area (Å²) in [5.74, 6) is -0.991. The summed E-state index contributed by atoms with van der Waals surface area (Å²) in [7, 11) is 0. The summed E-state index contributed by atoms with van der Waals surface area (Å²) < 4.78 is 41.7. The monoisotopic (exact) mass is 526 g/mol. The van der Waals surface area contributed by atoms with Crippen LogP contribution in [-0.2, 0) is 22.2 Å². The first-order valence-electron chi connectivity index (χ1n) is 12.3. The Balaban J connectivity index is 1.80. The maximum absolute atomic E-state index is 14.0. The summed E-state index contributed by atoms with van der Waals surface area (Å²) in [4.78, 5) is 43.0. The molecular formula is C28H29F3N4O3. The molecule has 0 aliphatic carbocycles. The molecule has 2 N–H and O–H groups in total. The van der Waals surface area contributed by atoms with Crippen LogP contribution in [0.15, 0.2) is 78.5 Å². The Morgan fingerprint density at radius 3 is 2.42 bits per heavy atom. The van der Waals surface area contributed by atoms with Crippen molar-refractivity contribution in [1.82, 2.24) is 20.4 Å². The van der Waals surface area contributed by atoms with Crippen molar-refractivity contribution < 1.29 is 27.6 Å². The third-order valence-electron chi connectivity index (χ3n) is 6.52. The van der Waals surface area contributed by atoms with Crippen LogP contribution in [0.25, 0.3) is 0 Å². The maximum Gasteiger partial charge on any atom is 0.416 e. The Bertz CT molecular complexity index is 1270. The van der Waals surface area contributed by atoms with Crippen LogP contribution in [0.5, 0.6) is 0 Å². The smallest absolute Gasteiger partial charge is 0.352 e. The number of carbonyl (C=O) groups excluding carboxylic acids is 3. The van der Waals surface area contributed by atoms with Gasteiger partial charge >= 0.3 is 12.2 Å². The van der Waals surface area contributed by atoms with Gasteiger partial charge in [0, 0.05) is 19.0 Å². The van der Waals surface area contributed by atoms with Crippen LogP contribution in [0.1, 0.15) is 36.6 Å². The van der Waals surface area contributed by atoms with E-state index in [4.69, 9.17) is 0 Å². The standard InChI is InChI=1S/C28H29F3N4O3/c1-4-14-34-22-16-35(21(25(36)32-17(2)3)15-18-10-6-5-7-11-18)26(37)23(22)24(33-27(34)38)19-12-8-9-13-20(19)28(29,30)31/h4-13,17,21,24H,1,14-16H2,2-3H3,(H,32,36)(H,33,38)/t21-,24-/m0/s1. The van der Waals surface area contributed by atoms with Crippen molar-refractivity contribution in [2.24, 2.45) is 0 Å². The number of nitrogens with zero attached hydrogens (tertiary/aromatic N) is 2. The number of alkyl halides is 3. The van der Waals surface area contributed by atoms with Crippen molar-refractivity contribution in [1.29, 1.82) is 0 Å². The summed E-state index contributed by atoms with van der Waals surface area (Å²) in [6.45, 7) is 7.19. The number of nitrogens with one attached hydrogen (secondary N) is 2. The molecule has 38 heavy (non-hydrogen) atoms. The van der Waals surface area contributed by atoms with E-state index < -0.39 is 35.8 Å². The number of rotatable bonds is 8. The van der Waals surface area contributed by atoms with Gasteiger partial charge in [-0.1, -0.05) is 54.6 Å². The van der Waals surface area contributed by atoms with Crippen LogP contribution in [0.2, 0.25) is 0 Å². The van der Waals surface area contributed by atoms with Crippen LogP contribution < -0.4 is 10.6 Å². The lowest BCUT2D eigenvalue weighted by atomic mass is 9.91. The van der Waals surface area contributed by atoms with Gasteiger partial charge in [-0.3, -0.25) is 14.5 Å². The summed E-state index contributed by atoms with van der Waals surface area (Å²) >= 11 is 0. The number of halogens is 3. The lowest BCUT2D eigenvalue weighted by Gasteiger charge is -2.33. The van der Waals surface area contributed by atoms with Gasteiger partial charge in [-0.2, -0.15) is 13.2 Å². The predicted molar refractivity (Wildman–Crippen MR) is 136 cm³/mol. The molecule has 2 aliphatic rings. The molecule has 7 nitrogen and oxygen atoms in total. The number of benzene rings is 2. The lowest BCUT2D eigenvalue weighted by Crippen LogP contribution is -2.51. The van der Waals surface area contributed by atoms with E-state index >= 15 is 0 Å². The highest BCUT2D eigenvalue weighted by atomic mass is 19.4. The largest absolute Gasteiger partial charge is 0.416 e. The van der Waals surface area contributed by atoms with E-state index in [-0.39, 0.29) is 48.3 Å². The van der Waals surface area contributed by atoms with Gasteiger partial charge in [-0.15, -0.1) is 6.58 Å². The van der Waals surface area contributed by atoms with E-state index in [2.05, 4.69) is 17.2 Å². The Morgan fingerprint density at radius 1 is 1.13 bits per heavy atom. The minimum absolute atomic E-state index is 0.0126. The van der Waals surface area contributed by atoms with Crippen molar-refractivity contribution in [3.05, 3.63) is 95.2 Å². The lowest BCUT2D eigenvalue weighted by molar-refractivity contribution is -0.138. The second-order valence-electron chi connectivity index (χ2n) is 9.53. The van der Waals surface area contributed by atoms with E-state index in [0.717, 1.165) is 11.6 Å². The Labute approximate surface area is 219 Å². The van der Waals surface area contributed by atoms with Crippen LogP contribution in [0, 0.1) is 0 Å². The van der Waals surface area contributed by atoms with Crippen molar-refractivity contribution in [2.45, 2.75) is 44.6 Å². The zero-order chi connectivity index (χ0) is 27.6. The Kier molecular flexibility index (Phi) is 7.61. The van der Waals surface area contributed by atoms with Gasteiger partial charge in [0.25, 0.3) is 5.91 Å². The molecule has 2 aromatic carbocycles. The Morgan fingerprint density at radius 2 is 1.79 bits per heavy atom. The summed E-state index contributed by atoms with van der Waals surface area (Å²) in [5.41, 5.74) is -0.0979. The van der Waals surface area contributed by atoms with Crippen molar-refractivity contribution in [3.63, 3.8) is 0 Å². The Hall–Kier alpha value is -4.08. The van der Waals surface area contributed by atoms with Gasteiger partial charge in [-0.05, 0) is 31.0 Å². The highest BCUT2D eigenvalue weighted by Gasteiger charge is 2.48. The zero-order valence-corrected chi connectivity index (χ0v) is 21.1. The molecule has 4 rings (SSSR count). The highest BCUT2D eigenvalue weighted by molar-refractivity contribution is 6.03. The molecule has 0 unspecified atom stereocenters. The van der Waals surface area contributed by atoms with E-state index in [1.165, 1.54) is 34.1 Å². The highest BCUT2D eigenvalue weighted by Crippen LogP contribution is 2.42. The van der Waals surface area contributed by atoms with Crippen molar-refractivity contribution in [3.8, 4) is 0 Å². The molecule has 0 radical (unpaired) electrons. The molecule has 0 saturated carbocycles. The van der Waals surface area contributed by atoms with Crippen LogP contribution >= 0.6 is 0 Å². The molecule has 10 heteroatoms. The van der Waals surface area contributed by atoms with Gasteiger partial charge in [0.15, 0.2) is 0 Å². The summed E-state index contributed by atoms with van der Waals surface area (Å²) in [6, 6.07) is 10.9. The van der Waals surface area contributed by atoms with Crippen LogP contribution in [0.3, 0.4) is 0 Å². The normalized spacial score (nSPS) is 18.4.